The molecule has 3 aliphatic rings. The summed E-state index contributed by atoms with van der Waals surface area (Å²) >= 11 is 1.40. The standard InChI is InChI=1S/C27H30F4N2O5S2/c1-14-13-32-25(39-14)33-23(35)5-3-4-16-11-22(34)26(2)9-8-17-18(24(16)26)7-6-15-10-21(20(28)12-19(15)17)38-40(36,37)27(29,30)31/h10,12-13,16-18,24H,3-9,11H2,1-2H3,(H,32,33,35)/t16-,17?,18?,24?,26-/m1/s1. The van der Waals surface area contributed by atoms with E-state index in [4.69, 9.17) is 0 Å². The first-order valence-electron chi connectivity index (χ1n) is 13.3. The Bertz CT molecular complexity index is 1440. The minimum Gasteiger partial charge on any atom is -0.373 e. The molecule has 0 spiro atoms. The molecule has 40 heavy (non-hydrogen) atoms. The molecule has 5 atom stereocenters. The molecule has 1 aromatic carbocycles. The van der Waals surface area contributed by atoms with Crippen LogP contribution in [0.5, 0.6) is 5.75 Å². The molecule has 7 nitrogen and oxygen atoms in total. The molecule has 3 aliphatic carbocycles. The smallest absolute Gasteiger partial charge is 0.373 e. The van der Waals surface area contributed by atoms with Crippen LogP contribution in [0.15, 0.2) is 18.3 Å². The van der Waals surface area contributed by atoms with Crippen molar-refractivity contribution in [2.24, 2.45) is 23.2 Å². The predicted molar refractivity (Wildman–Crippen MR) is 140 cm³/mol. The topological polar surface area (TPSA) is 102 Å². The molecule has 0 saturated heterocycles. The van der Waals surface area contributed by atoms with Crippen molar-refractivity contribution >= 4 is 38.3 Å². The summed E-state index contributed by atoms with van der Waals surface area (Å²) in [4.78, 5) is 30.8. The molecule has 1 heterocycles. The number of carbonyl (C=O) groups is 2. The van der Waals surface area contributed by atoms with Gasteiger partial charge in [-0.15, -0.1) is 11.3 Å². The maximum absolute atomic E-state index is 14.9. The monoisotopic (exact) mass is 602 g/mol. The van der Waals surface area contributed by atoms with Crippen LogP contribution in [0.25, 0.3) is 0 Å². The van der Waals surface area contributed by atoms with Gasteiger partial charge in [-0.05, 0) is 92.4 Å². The Labute approximate surface area is 233 Å². The highest BCUT2D eigenvalue weighted by Gasteiger charge is 2.58. The number of benzene rings is 1. The molecular weight excluding hydrogens is 572 g/mol. The fraction of sp³-hybridized carbons (Fsp3) is 0.593. The molecule has 2 fully saturated rings. The van der Waals surface area contributed by atoms with Crippen LogP contribution in [0.2, 0.25) is 0 Å². The first kappa shape index (κ1) is 29.0. The summed E-state index contributed by atoms with van der Waals surface area (Å²) in [5.74, 6) is -1.96. The van der Waals surface area contributed by atoms with Crippen LogP contribution in [0, 0.1) is 35.9 Å². The van der Waals surface area contributed by atoms with E-state index in [1.807, 2.05) is 13.8 Å². The molecule has 13 heteroatoms. The molecule has 5 rings (SSSR count). The fourth-order valence-corrected chi connectivity index (χ4v) is 8.38. The number of fused-ring (bicyclic) bond motifs is 5. The summed E-state index contributed by atoms with van der Waals surface area (Å²) in [7, 11) is -6.00. The van der Waals surface area contributed by atoms with Gasteiger partial charge in [0.1, 0.15) is 5.78 Å². The van der Waals surface area contributed by atoms with E-state index in [9.17, 15) is 35.6 Å². The zero-order chi connectivity index (χ0) is 29.0. The minimum atomic E-state index is -6.00. The number of amides is 1. The largest absolute Gasteiger partial charge is 0.534 e. The lowest BCUT2D eigenvalue weighted by atomic mass is 9.54. The van der Waals surface area contributed by atoms with Crippen LogP contribution in [-0.2, 0) is 26.1 Å². The van der Waals surface area contributed by atoms with Gasteiger partial charge in [-0.2, -0.15) is 21.6 Å². The van der Waals surface area contributed by atoms with Gasteiger partial charge in [0.2, 0.25) is 5.91 Å². The van der Waals surface area contributed by atoms with E-state index in [2.05, 4.69) is 14.5 Å². The maximum atomic E-state index is 14.9. The number of thiazole rings is 1. The Hall–Kier alpha value is -2.54. The molecular formula is C27H30F4N2O5S2. The lowest BCUT2D eigenvalue weighted by Crippen LogP contribution is -2.44. The highest BCUT2D eigenvalue weighted by Crippen LogP contribution is 2.62. The summed E-state index contributed by atoms with van der Waals surface area (Å²) in [6.45, 7) is 3.91. The second kappa shape index (κ2) is 10.4. The van der Waals surface area contributed by atoms with Crippen molar-refractivity contribution in [2.45, 2.75) is 76.6 Å². The highest BCUT2D eigenvalue weighted by atomic mass is 32.2. The number of rotatable bonds is 7. The molecule has 2 aromatic rings. The zero-order valence-electron chi connectivity index (χ0n) is 22.0. The summed E-state index contributed by atoms with van der Waals surface area (Å²) in [5, 5.41) is 3.36. The quantitative estimate of drug-likeness (QED) is 0.227. The molecule has 1 amide bonds. The van der Waals surface area contributed by atoms with Crippen molar-refractivity contribution in [1.82, 2.24) is 4.98 Å². The number of carbonyl (C=O) groups excluding carboxylic acids is 2. The van der Waals surface area contributed by atoms with E-state index in [0.29, 0.717) is 67.6 Å². The third kappa shape index (κ3) is 5.26. The lowest BCUT2D eigenvalue weighted by Gasteiger charge is -2.50. The number of Topliss-reactive ketones (excluding diaryl/α,β-unsaturated/α-hetero) is 1. The Morgan fingerprint density at radius 2 is 2.02 bits per heavy atom. The molecule has 0 aliphatic heterocycles. The average molecular weight is 603 g/mol. The van der Waals surface area contributed by atoms with Crippen LogP contribution in [0.3, 0.4) is 0 Å². The van der Waals surface area contributed by atoms with Gasteiger partial charge in [0.15, 0.2) is 16.7 Å². The number of nitrogens with one attached hydrogen (secondary N) is 1. The zero-order valence-corrected chi connectivity index (χ0v) is 23.6. The van der Waals surface area contributed by atoms with Crippen LogP contribution < -0.4 is 9.50 Å². The van der Waals surface area contributed by atoms with E-state index >= 15 is 0 Å². The maximum Gasteiger partial charge on any atom is 0.534 e. The van der Waals surface area contributed by atoms with Gasteiger partial charge in [-0.3, -0.25) is 9.59 Å². The van der Waals surface area contributed by atoms with Crippen molar-refractivity contribution in [2.75, 3.05) is 5.32 Å². The van der Waals surface area contributed by atoms with Crippen molar-refractivity contribution in [3.8, 4) is 5.75 Å². The van der Waals surface area contributed by atoms with Crippen LogP contribution in [0.1, 0.15) is 73.8 Å². The number of alkyl halides is 3. The van der Waals surface area contributed by atoms with Crippen LogP contribution in [0.4, 0.5) is 22.7 Å². The Morgan fingerprint density at radius 1 is 1.27 bits per heavy atom. The first-order chi connectivity index (χ1) is 18.7. The first-order valence-corrected chi connectivity index (χ1v) is 15.5. The Kier molecular flexibility index (Phi) is 7.52. The number of nitrogens with zero attached hydrogens (tertiary/aromatic N) is 1. The Morgan fingerprint density at radius 3 is 2.70 bits per heavy atom. The van der Waals surface area contributed by atoms with Crippen molar-refractivity contribution in [3.05, 3.63) is 40.2 Å². The number of halogens is 4. The number of hydrogen-bond donors (Lipinski definition) is 1. The van der Waals surface area contributed by atoms with Gasteiger partial charge in [-0.25, -0.2) is 9.37 Å². The molecule has 1 N–H and O–H groups in total. The molecule has 218 valence electrons. The Balaban J connectivity index is 1.31. The second-order valence-corrected chi connectivity index (χ2v) is 14.1. The second-order valence-electron chi connectivity index (χ2n) is 11.4. The average Bonchev–Trinajstić information content (AvgIpc) is 3.38. The number of anilines is 1. The van der Waals surface area contributed by atoms with E-state index < -0.39 is 32.6 Å². The summed E-state index contributed by atoms with van der Waals surface area (Å²) in [6.07, 6.45) is 6.02. The van der Waals surface area contributed by atoms with Crippen LogP contribution in [-0.4, -0.2) is 30.6 Å². The van der Waals surface area contributed by atoms with Gasteiger partial charge < -0.3 is 9.50 Å². The predicted octanol–water partition coefficient (Wildman–Crippen LogP) is 6.28. The molecule has 1 aromatic heterocycles. The normalized spacial score (nSPS) is 28.0. The number of ketones is 1. The van der Waals surface area contributed by atoms with Gasteiger partial charge in [0.25, 0.3) is 0 Å². The van der Waals surface area contributed by atoms with E-state index in [1.54, 1.807) is 6.20 Å². The SMILES string of the molecule is Cc1cnc(NC(=O)CCC[C@@H]2CC(=O)[C@@]3(C)CCC4c5cc(F)c(OS(=O)(=O)C(F)(F)F)cc5CCC4C23)s1. The van der Waals surface area contributed by atoms with Crippen molar-refractivity contribution in [3.63, 3.8) is 0 Å². The third-order valence-electron chi connectivity index (χ3n) is 8.95. The molecule has 0 bridgehead atoms. The fourth-order valence-electron chi connectivity index (χ4n) is 7.24. The van der Waals surface area contributed by atoms with E-state index in [1.165, 1.54) is 11.3 Å². The summed E-state index contributed by atoms with van der Waals surface area (Å²) in [5.41, 5.74) is -4.97. The molecule has 2 saturated carbocycles. The summed E-state index contributed by atoms with van der Waals surface area (Å²) in [6, 6.07) is 2.17. The number of aryl methyl sites for hydroxylation is 2. The third-order valence-corrected chi connectivity index (χ3v) is 10.7. The number of hydrogen-bond acceptors (Lipinski definition) is 7. The minimum absolute atomic E-state index is 0.0427. The van der Waals surface area contributed by atoms with Gasteiger partial charge in [0.05, 0.1) is 0 Å². The molecule has 3 unspecified atom stereocenters. The lowest BCUT2D eigenvalue weighted by molar-refractivity contribution is -0.129. The molecule has 0 radical (unpaired) electrons. The van der Waals surface area contributed by atoms with Gasteiger partial charge in [0, 0.05) is 29.3 Å². The van der Waals surface area contributed by atoms with Crippen molar-refractivity contribution < 1.29 is 39.8 Å². The van der Waals surface area contributed by atoms with Crippen molar-refractivity contribution in [1.29, 1.82) is 0 Å². The van der Waals surface area contributed by atoms with Gasteiger partial charge in [-0.1, -0.05) is 6.92 Å². The van der Waals surface area contributed by atoms with Crippen LogP contribution >= 0.6 is 11.3 Å². The van der Waals surface area contributed by atoms with Gasteiger partial charge >= 0.3 is 15.6 Å². The van der Waals surface area contributed by atoms with E-state index in [0.717, 1.165) is 17.0 Å². The van der Waals surface area contributed by atoms with E-state index in [-0.39, 0.29) is 35.4 Å². The summed E-state index contributed by atoms with van der Waals surface area (Å²) < 4.78 is 80.2. The highest BCUT2D eigenvalue weighted by molar-refractivity contribution is 7.88. The number of aromatic nitrogens is 1.